The lowest BCUT2D eigenvalue weighted by atomic mass is 9.80. The minimum absolute atomic E-state index is 0.0153. The van der Waals surface area contributed by atoms with Gasteiger partial charge in [0.25, 0.3) is 0 Å². The van der Waals surface area contributed by atoms with Crippen molar-refractivity contribution in [3.05, 3.63) is 21.9 Å². The van der Waals surface area contributed by atoms with Gasteiger partial charge in [-0.2, -0.15) is 0 Å². The van der Waals surface area contributed by atoms with Gasteiger partial charge >= 0.3 is 5.97 Å². The average molecular weight is 319 g/mol. The molecule has 0 amide bonds. The minimum atomic E-state index is -0.993. The van der Waals surface area contributed by atoms with Gasteiger partial charge < -0.3 is 14.6 Å². The van der Waals surface area contributed by atoms with Crippen LogP contribution in [0.1, 0.15) is 25.8 Å². The first kappa shape index (κ1) is 13.1. The van der Waals surface area contributed by atoms with Crippen LogP contribution < -0.4 is 9.47 Å². The fraction of sp³-hybridized carbons (Fsp3) is 0.417. The largest absolute Gasteiger partial charge is 0.481 e. The van der Waals surface area contributed by atoms with E-state index in [0.717, 1.165) is 0 Å². The normalized spacial score (nSPS) is 13.8. The summed E-state index contributed by atoms with van der Waals surface area (Å²) >= 11 is 3.10. The minimum Gasteiger partial charge on any atom is -0.481 e. The fourth-order valence-electron chi connectivity index (χ4n) is 2.06. The molecule has 1 aliphatic heterocycles. The number of hydrogen-bond acceptors (Lipinski definition) is 3. The van der Waals surface area contributed by atoms with Gasteiger partial charge in [-0.25, -0.2) is 4.39 Å². The molecule has 1 heterocycles. The van der Waals surface area contributed by atoms with Crippen LogP contribution in [-0.4, -0.2) is 17.9 Å². The van der Waals surface area contributed by atoms with Crippen molar-refractivity contribution in [2.75, 3.05) is 6.79 Å². The number of fused-ring (bicyclic) bond motifs is 1. The predicted octanol–water partition coefficient (Wildman–Crippen LogP) is 3.07. The molecule has 0 radical (unpaired) electrons. The van der Waals surface area contributed by atoms with Crippen molar-refractivity contribution >= 4 is 21.9 Å². The summed E-state index contributed by atoms with van der Waals surface area (Å²) in [7, 11) is 0. The molecule has 0 bridgehead atoms. The number of aliphatic carboxylic acids is 1. The van der Waals surface area contributed by atoms with Crippen molar-refractivity contribution in [2.45, 2.75) is 25.7 Å². The molecule has 0 spiro atoms. The van der Waals surface area contributed by atoms with Crippen molar-refractivity contribution in [1.29, 1.82) is 0 Å². The third-order valence-corrected chi connectivity index (χ3v) is 3.40. The summed E-state index contributed by atoms with van der Waals surface area (Å²) in [5, 5.41) is 8.91. The number of carbonyl (C=O) groups is 1. The summed E-state index contributed by atoms with van der Waals surface area (Å²) in [6.45, 7) is 3.34. The van der Waals surface area contributed by atoms with E-state index in [1.165, 1.54) is 6.07 Å². The molecule has 4 nitrogen and oxygen atoms in total. The summed E-state index contributed by atoms with van der Waals surface area (Å²) in [5.41, 5.74) is -0.663. The molecule has 6 heteroatoms. The summed E-state index contributed by atoms with van der Waals surface area (Å²) in [4.78, 5) is 10.9. The van der Waals surface area contributed by atoms with Crippen molar-refractivity contribution < 1.29 is 23.8 Å². The zero-order valence-corrected chi connectivity index (χ0v) is 11.5. The highest BCUT2D eigenvalue weighted by molar-refractivity contribution is 9.10. The van der Waals surface area contributed by atoms with Gasteiger partial charge in [-0.15, -0.1) is 0 Å². The third-order valence-electron chi connectivity index (χ3n) is 2.83. The van der Waals surface area contributed by atoms with Gasteiger partial charge in [-0.1, -0.05) is 13.8 Å². The first-order chi connectivity index (χ1) is 8.33. The summed E-state index contributed by atoms with van der Waals surface area (Å²) in [5.74, 6) is -0.781. The van der Waals surface area contributed by atoms with Crippen LogP contribution in [0, 0.1) is 5.82 Å². The SMILES string of the molecule is CC(C)(CC(=O)O)c1c(F)c(Br)cc2c1OCO2. The van der Waals surface area contributed by atoms with E-state index in [0.29, 0.717) is 11.5 Å². The molecule has 0 atom stereocenters. The van der Waals surface area contributed by atoms with Gasteiger partial charge in [0, 0.05) is 17.0 Å². The molecule has 1 N–H and O–H groups in total. The second-order valence-electron chi connectivity index (χ2n) is 4.74. The maximum atomic E-state index is 14.2. The lowest BCUT2D eigenvalue weighted by Crippen LogP contribution is -2.24. The van der Waals surface area contributed by atoms with Crippen molar-refractivity contribution in [3.63, 3.8) is 0 Å². The van der Waals surface area contributed by atoms with Gasteiger partial charge in [0.05, 0.1) is 10.9 Å². The Hall–Kier alpha value is -1.30. The Bertz CT molecular complexity index is 513. The molecule has 0 saturated carbocycles. The predicted molar refractivity (Wildman–Crippen MR) is 65.5 cm³/mol. The van der Waals surface area contributed by atoms with Crippen molar-refractivity contribution in [3.8, 4) is 11.5 Å². The van der Waals surface area contributed by atoms with Crippen LogP contribution in [0.15, 0.2) is 10.5 Å². The Morgan fingerprint density at radius 2 is 2.22 bits per heavy atom. The fourth-order valence-corrected chi connectivity index (χ4v) is 2.47. The Morgan fingerprint density at radius 3 is 2.83 bits per heavy atom. The van der Waals surface area contributed by atoms with Crippen LogP contribution in [0.3, 0.4) is 0 Å². The second-order valence-corrected chi connectivity index (χ2v) is 5.59. The second kappa shape index (κ2) is 4.42. The van der Waals surface area contributed by atoms with Crippen LogP contribution in [0.25, 0.3) is 0 Å². The van der Waals surface area contributed by atoms with E-state index in [2.05, 4.69) is 15.9 Å². The summed E-state index contributed by atoms with van der Waals surface area (Å²) < 4.78 is 24.9. The molecule has 0 aliphatic carbocycles. The van der Waals surface area contributed by atoms with Crippen LogP contribution in [-0.2, 0) is 10.2 Å². The van der Waals surface area contributed by atoms with Crippen molar-refractivity contribution in [1.82, 2.24) is 0 Å². The van der Waals surface area contributed by atoms with Gasteiger partial charge in [0.15, 0.2) is 11.5 Å². The average Bonchev–Trinajstić information content (AvgIpc) is 2.63. The van der Waals surface area contributed by atoms with Crippen LogP contribution in [0.5, 0.6) is 11.5 Å². The molecule has 0 saturated heterocycles. The maximum absolute atomic E-state index is 14.2. The first-order valence-electron chi connectivity index (χ1n) is 5.33. The van der Waals surface area contributed by atoms with Crippen LogP contribution in [0.4, 0.5) is 4.39 Å². The zero-order chi connectivity index (χ0) is 13.5. The van der Waals surface area contributed by atoms with Crippen molar-refractivity contribution in [2.24, 2.45) is 0 Å². The quantitative estimate of drug-likeness (QED) is 0.930. The third kappa shape index (κ3) is 2.16. The smallest absolute Gasteiger partial charge is 0.304 e. The molecule has 0 unspecified atom stereocenters. The molecule has 0 aromatic heterocycles. The molecule has 2 rings (SSSR count). The van der Waals surface area contributed by atoms with Crippen LogP contribution in [0.2, 0.25) is 0 Å². The number of hydrogen-bond donors (Lipinski definition) is 1. The maximum Gasteiger partial charge on any atom is 0.304 e. The van der Waals surface area contributed by atoms with Crippen LogP contribution >= 0.6 is 15.9 Å². The molecule has 0 fully saturated rings. The van der Waals surface area contributed by atoms with E-state index < -0.39 is 17.2 Å². The lowest BCUT2D eigenvalue weighted by molar-refractivity contribution is -0.138. The zero-order valence-electron chi connectivity index (χ0n) is 9.92. The highest BCUT2D eigenvalue weighted by atomic mass is 79.9. The highest BCUT2D eigenvalue weighted by Crippen LogP contribution is 2.46. The summed E-state index contributed by atoms with van der Waals surface area (Å²) in [6, 6.07) is 1.48. The molecular weight excluding hydrogens is 307 g/mol. The number of carboxylic acid groups (broad SMARTS) is 1. The Balaban J connectivity index is 2.59. The number of ether oxygens (including phenoxy) is 2. The number of rotatable bonds is 3. The molecule has 18 heavy (non-hydrogen) atoms. The first-order valence-corrected chi connectivity index (χ1v) is 6.12. The number of benzene rings is 1. The summed E-state index contributed by atoms with van der Waals surface area (Å²) in [6.07, 6.45) is -0.198. The molecule has 98 valence electrons. The monoisotopic (exact) mass is 318 g/mol. The van der Waals surface area contributed by atoms with E-state index in [4.69, 9.17) is 14.6 Å². The number of halogens is 2. The molecular formula is C12H12BrFO4. The molecule has 1 aromatic rings. The van der Waals surface area contributed by atoms with Gasteiger partial charge in [-0.3, -0.25) is 4.79 Å². The Kier molecular flexibility index (Phi) is 3.23. The van der Waals surface area contributed by atoms with Gasteiger partial charge in [0.2, 0.25) is 6.79 Å². The van der Waals surface area contributed by atoms with E-state index in [1.54, 1.807) is 13.8 Å². The molecule has 1 aromatic carbocycles. The van der Waals surface area contributed by atoms with Gasteiger partial charge in [-0.05, 0) is 15.9 Å². The topological polar surface area (TPSA) is 55.8 Å². The van der Waals surface area contributed by atoms with E-state index in [1.807, 2.05) is 0 Å². The highest BCUT2D eigenvalue weighted by Gasteiger charge is 2.35. The molecule has 1 aliphatic rings. The number of carboxylic acids is 1. The van der Waals surface area contributed by atoms with E-state index in [-0.39, 0.29) is 23.2 Å². The standard InChI is InChI=1S/C12H12BrFO4/c1-12(2,4-8(15)16)9-10(14)6(13)3-7-11(9)18-5-17-7/h3H,4-5H2,1-2H3,(H,15,16). The van der Waals surface area contributed by atoms with E-state index >= 15 is 0 Å². The Labute approximate surface area is 112 Å². The van der Waals surface area contributed by atoms with Gasteiger partial charge in [0.1, 0.15) is 5.82 Å². The lowest BCUT2D eigenvalue weighted by Gasteiger charge is -2.25. The Morgan fingerprint density at radius 1 is 1.56 bits per heavy atom. The van der Waals surface area contributed by atoms with E-state index in [9.17, 15) is 9.18 Å².